The maximum atomic E-state index is 12.2. The van der Waals surface area contributed by atoms with Gasteiger partial charge in [-0.3, -0.25) is 4.79 Å². The molecule has 0 heterocycles. The predicted molar refractivity (Wildman–Crippen MR) is 77.9 cm³/mol. The molecule has 0 spiro atoms. The highest BCUT2D eigenvalue weighted by Crippen LogP contribution is 2.37. The van der Waals surface area contributed by atoms with Gasteiger partial charge in [-0.15, -0.1) is 0 Å². The topological polar surface area (TPSA) is 87.0 Å². The van der Waals surface area contributed by atoms with Gasteiger partial charge in [0.05, 0.1) is 11.0 Å². The van der Waals surface area contributed by atoms with E-state index in [2.05, 4.69) is 11.4 Å². The Bertz CT molecular complexity index is 666. The van der Waals surface area contributed by atoms with Gasteiger partial charge in [-0.2, -0.15) is 5.26 Å². The maximum absolute atomic E-state index is 12.2. The second-order valence-electron chi connectivity index (χ2n) is 5.50. The van der Waals surface area contributed by atoms with Gasteiger partial charge in [0.25, 0.3) is 0 Å². The standard InChI is InChI=1S/C15H18N2O3S/c1-21(19,20)13-6-4-12(5-7-13)10-17-14(18)15(11-16)8-2-3-9-15/h4-7H,2-3,8-10H2,1H3,(H,17,18). The maximum Gasteiger partial charge on any atom is 0.240 e. The quantitative estimate of drug-likeness (QED) is 0.918. The highest BCUT2D eigenvalue weighted by molar-refractivity contribution is 7.90. The lowest BCUT2D eigenvalue weighted by molar-refractivity contribution is -0.128. The first kappa shape index (κ1) is 15.5. The summed E-state index contributed by atoms with van der Waals surface area (Å²) in [6.45, 7) is 0.298. The molecular formula is C15H18N2O3S. The number of nitriles is 1. The summed E-state index contributed by atoms with van der Waals surface area (Å²) in [5.74, 6) is -0.227. The lowest BCUT2D eigenvalue weighted by Gasteiger charge is -2.19. The molecule has 112 valence electrons. The summed E-state index contributed by atoms with van der Waals surface area (Å²) >= 11 is 0. The molecule has 1 aliphatic rings. The highest BCUT2D eigenvalue weighted by Gasteiger charge is 2.41. The zero-order valence-corrected chi connectivity index (χ0v) is 12.7. The van der Waals surface area contributed by atoms with E-state index in [1.165, 1.54) is 12.1 Å². The molecular weight excluding hydrogens is 288 g/mol. The van der Waals surface area contributed by atoms with Crippen LogP contribution in [0.4, 0.5) is 0 Å². The van der Waals surface area contributed by atoms with Crippen LogP contribution in [0.3, 0.4) is 0 Å². The fourth-order valence-electron chi connectivity index (χ4n) is 2.57. The van der Waals surface area contributed by atoms with Crippen molar-refractivity contribution < 1.29 is 13.2 Å². The molecule has 0 atom stereocenters. The Kier molecular flexibility index (Phi) is 4.33. The van der Waals surface area contributed by atoms with Gasteiger partial charge in [-0.25, -0.2) is 8.42 Å². The third-order valence-electron chi connectivity index (χ3n) is 3.91. The van der Waals surface area contributed by atoms with Gasteiger partial charge in [0.2, 0.25) is 5.91 Å². The van der Waals surface area contributed by atoms with Gasteiger partial charge in [-0.05, 0) is 30.5 Å². The van der Waals surface area contributed by atoms with Crippen LogP contribution in [-0.4, -0.2) is 20.6 Å². The Labute approximate surface area is 124 Å². The molecule has 1 N–H and O–H groups in total. The number of hydrogen-bond donors (Lipinski definition) is 1. The Balaban J connectivity index is 2.00. The molecule has 1 saturated carbocycles. The van der Waals surface area contributed by atoms with Crippen molar-refractivity contribution in [3.63, 3.8) is 0 Å². The largest absolute Gasteiger partial charge is 0.351 e. The third-order valence-corrected chi connectivity index (χ3v) is 5.04. The van der Waals surface area contributed by atoms with Crippen molar-refractivity contribution in [2.24, 2.45) is 5.41 Å². The van der Waals surface area contributed by atoms with E-state index >= 15 is 0 Å². The number of carbonyl (C=O) groups is 1. The molecule has 1 aromatic rings. The minimum atomic E-state index is -3.21. The fraction of sp³-hybridized carbons (Fsp3) is 0.467. The van der Waals surface area contributed by atoms with Crippen LogP contribution >= 0.6 is 0 Å². The minimum Gasteiger partial charge on any atom is -0.351 e. The summed E-state index contributed by atoms with van der Waals surface area (Å²) in [4.78, 5) is 12.4. The fourth-order valence-corrected chi connectivity index (χ4v) is 3.20. The van der Waals surface area contributed by atoms with Crippen molar-refractivity contribution in [2.45, 2.75) is 37.1 Å². The normalized spacial score (nSPS) is 17.1. The zero-order chi connectivity index (χ0) is 15.5. The molecule has 0 bridgehead atoms. The van der Waals surface area contributed by atoms with E-state index < -0.39 is 15.3 Å². The molecule has 0 saturated heterocycles. The number of benzene rings is 1. The smallest absolute Gasteiger partial charge is 0.240 e. The number of nitrogens with one attached hydrogen (secondary N) is 1. The van der Waals surface area contributed by atoms with E-state index in [0.717, 1.165) is 24.7 Å². The Morgan fingerprint density at radius 2 is 1.86 bits per heavy atom. The third kappa shape index (κ3) is 3.42. The lowest BCUT2D eigenvalue weighted by Crippen LogP contribution is -2.37. The van der Waals surface area contributed by atoms with Gasteiger partial charge < -0.3 is 5.32 Å². The van der Waals surface area contributed by atoms with Crippen molar-refractivity contribution in [3.8, 4) is 6.07 Å². The van der Waals surface area contributed by atoms with Crippen LogP contribution in [0.2, 0.25) is 0 Å². The lowest BCUT2D eigenvalue weighted by atomic mass is 9.87. The summed E-state index contributed by atoms with van der Waals surface area (Å²) in [5.41, 5.74) is -0.0750. The van der Waals surface area contributed by atoms with Crippen LogP contribution in [0.25, 0.3) is 0 Å². The van der Waals surface area contributed by atoms with E-state index in [-0.39, 0.29) is 10.8 Å². The van der Waals surface area contributed by atoms with Crippen molar-refractivity contribution in [1.29, 1.82) is 5.26 Å². The SMILES string of the molecule is CS(=O)(=O)c1ccc(CNC(=O)C2(C#N)CCCC2)cc1. The number of carbonyl (C=O) groups excluding carboxylic acids is 1. The molecule has 0 aliphatic heterocycles. The van der Waals surface area contributed by atoms with Crippen molar-refractivity contribution in [3.05, 3.63) is 29.8 Å². The van der Waals surface area contributed by atoms with Crippen LogP contribution in [0.1, 0.15) is 31.2 Å². The van der Waals surface area contributed by atoms with Crippen LogP contribution in [0, 0.1) is 16.7 Å². The van der Waals surface area contributed by atoms with Crippen LogP contribution < -0.4 is 5.32 Å². The molecule has 1 aromatic carbocycles. The summed E-state index contributed by atoms with van der Waals surface area (Å²) < 4.78 is 22.7. The summed E-state index contributed by atoms with van der Waals surface area (Å²) in [5, 5.41) is 12.0. The Hall–Kier alpha value is -1.87. The molecule has 2 rings (SSSR count). The Morgan fingerprint density at radius 3 is 2.33 bits per heavy atom. The van der Waals surface area contributed by atoms with Crippen LogP contribution in [0.5, 0.6) is 0 Å². The minimum absolute atomic E-state index is 0.227. The highest BCUT2D eigenvalue weighted by atomic mass is 32.2. The molecule has 5 nitrogen and oxygen atoms in total. The van der Waals surface area contributed by atoms with Gasteiger partial charge in [0.15, 0.2) is 9.84 Å². The molecule has 21 heavy (non-hydrogen) atoms. The van der Waals surface area contributed by atoms with Gasteiger partial charge >= 0.3 is 0 Å². The van der Waals surface area contributed by atoms with E-state index in [9.17, 15) is 18.5 Å². The summed E-state index contributed by atoms with van der Waals surface area (Å²) in [6.07, 6.45) is 4.19. The summed E-state index contributed by atoms with van der Waals surface area (Å²) in [7, 11) is -3.21. The number of amides is 1. The first-order valence-electron chi connectivity index (χ1n) is 6.86. The van der Waals surface area contributed by atoms with E-state index in [1.54, 1.807) is 12.1 Å². The first-order chi connectivity index (χ1) is 9.87. The molecule has 1 amide bonds. The van der Waals surface area contributed by atoms with Crippen molar-refractivity contribution >= 4 is 15.7 Å². The van der Waals surface area contributed by atoms with Crippen molar-refractivity contribution in [1.82, 2.24) is 5.32 Å². The van der Waals surface area contributed by atoms with Crippen molar-refractivity contribution in [2.75, 3.05) is 6.26 Å². The average molecular weight is 306 g/mol. The van der Waals surface area contributed by atoms with Gasteiger partial charge in [0, 0.05) is 12.8 Å². The molecule has 1 fully saturated rings. The predicted octanol–water partition coefficient (Wildman–Crippen LogP) is 1.79. The zero-order valence-electron chi connectivity index (χ0n) is 11.9. The number of sulfone groups is 1. The van der Waals surface area contributed by atoms with E-state index in [1.807, 2.05) is 0 Å². The summed E-state index contributed by atoms with van der Waals surface area (Å²) in [6, 6.07) is 8.53. The molecule has 0 radical (unpaired) electrons. The van der Waals surface area contributed by atoms with Gasteiger partial charge in [-0.1, -0.05) is 25.0 Å². The number of rotatable bonds is 4. The van der Waals surface area contributed by atoms with Crippen LogP contribution in [-0.2, 0) is 21.2 Å². The number of hydrogen-bond acceptors (Lipinski definition) is 4. The second kappa shape index (κ2) is 5.86. The number of nitrogens with zero attached hydrogens (tertiary/aromatic N) is 1. The van der Waals surface area contributed by atoms with E-state index in [4.69, 9.17) is 0 Å². The van der Waals surface area contributed by atoms with Crippen LogP contribution in [0.15, 0.2) is 29.2 Å². The molecule has 6 heteroatoms. The molecule has 0 aromatic heterocycles. The molecule has 0 unspecified atom stereocenters. The van der Waals surface area contributed by atoms with E-state index in [0.29, 0.717) is 19.4 Å². The van der Waals surface area contributed by atoms with Gasteiger partial charge in [0.1, 0.15) is 5.41 Å². The second-order valence-corrected chi connectivity index (χ2v) is 7.52. The molecule has 1 aliphatic carbocycles. The average Bonchev–Trinajstić information content (AvgIpc) is 2.94. The Morgan fingerprint density at radius 1 is 1.29 bits per heavy atom. The first-order valence-corrected chi connectivity index (χ1v) is 8.75. The monoisotopic (exact) mass is 306 g/mol.